The highest BCUT2D eigenvalue weighted by molar-refractivity contribution is 5.98. The number of Topliss-reactive ketones (excluding diaryl/α,β-unsaturated/α-hetero) is 1. The van der Waals surface area contributed by atoms with Crippen LogP contribution < -0.4 is 16.2 Å². The Kier molecular flexibility index (Phi) is 5.60. The number of aromatic nitrogens is 2. The molecule has 2 rings (SSSR count). The number of ether oxygens (including phenoxy) is 1. The number of benzene rings is 1. The number of carbonyl (C=O) groups is 1. The van der Waals surface area contributed by atoms with Crippen molar-refractivity contribution in [1.82, 2.24) is 9.78 Å². The summed E-state index contributed by atoms with van der Waals surface area (Å²) in [6.45, 7) is 4.52. The summed E-state index contributed by atoms with van der Waals surface area (Å²) in [5.41, 5.74) is 11.8. The summed E-state index contributed by atoms with van der Waals surface area (Å²) in [6, 6.07) is 4.94. The van der Waals surface area contributed by atoms with E-state index in [0.29, 0.717) is 18.0 Å². The molecular formula is C17H21F3N4O2. The van der Waals surface area contributed by atoms with Gasteiger partial charge >= 0.3 is 6.18 Å². The number of hydrogen-bond donors (Lipinski definition) is 2. The molecular weight excluding hydrogens is 349 g/mol. The Hall–Kier alpha value is -2.55. The molecule has 0 saturated carbocycles. The predicted molar refractivity (Wildman–Crippen MR) is 91.5 cm³/mol. The van der Waals surface area contributed by atoms with Crippen molar-refractivity contribution >= 4 is 11.5 Å². The smallest absolute Gasteiger partial charge is 0.397 e. The van der Waals surface area contributed by atoms with Gasteiger partial charge in [0.1, 0.15) is 17.1 Å². The fourth-order valence-electron chi connectivity index (χ4n) is 2.57. The summed E-state index contributed by atoms with van der Waals surface area (Å²) in [6.07, 6.45) is -4.53. The maximum Gasteiger partial charge on any atom is 0.397 e. The third-order valence-corrected chi connectivity index (χ3v) is 3.97. The molecule has 6 nitrogen and oxygen atoms in total. The van der Waals surface area contributed by atoms with Gasteiger partial charge in [-0.3, -0.25) is 4.79 Å². The lowest BCUT2D eigenvalue weighted by molar-refractivity contribution is -0.147. The second-order valence-corrected chi connectivity index (χ2v) is 5.82. The van der Waals surface area contributed by atoms with E-state index in [1.807, 2.05) is 0 Å². The highest BCUT2D eigenvalue weighted by Gasteiger charge is 2.41. The van der Waals surface area contributed by atoms with Crippen LogP contribution in [0.25, 0.3) is 5.69 Å². The molecule has 0 saturated heterocycles. The summed E-state index contributed by atoms with van der Waals surface area (Å²) in [7, 11) is 0. The lowest BCUT2D eigenvalue weighted by atomic mass is 10.1. The fraction of sp³-hybridized carbons (Fsp3) is 0.412. The first kappa shape index (κ1) is 19.8. The number of carbonyl (C=O) groups excluding carboxylic acids is 1. The van der Waals surface area contributed by atoms with Crippen LogP contribution in [0.2, 0.25) is 0 Å². The number of ketones is 1. The lowest BCUT2D eigenvalue weighted by Gasteiger charge is -2.14. The summed E-state index contributed by atoms with van der Waals surface area (Å²) in [4.78, 5) is 12.1. The molecule has 26 heavy (non-hydrogen) atoms. The van der Waals surface area contributed by atoms with Gasteiger partial charge in [0, 0.05) is 13.5 Å². The van der Waals surface area contributed by atoms with Crippen LogP contribution in [0.5, 0.6) is 5.75 Å². The molecule has 1 atom stereocenters. The molecule has 0 fully saturated rings. The predicted octanol–water partition coefficient (Wildman–Crippen LogP) is 3.18. The van der Waals surface area contributed by atoms with Gasteiger partial charge in [0.15, 0.2) is 5.78 Å². The van der Waals surface area contributed by atoms with E-state index in [-0.39, 0.29) is 17.9 Å². The van der Waals surface area contributed by atoms with E-state index < -0.39 is 23.6 Å². The zero-order valence-corrected chi connectivity index (χ0v) is 14.7. The van der Waals surface area contributed by atoms with Crippen LogP contribution >= 0.6 is 0 Å². The second-order valence-electron chi connectivity index (χ2n) is 5.82. The molecule has 0 aliphatic heterocycles. The van der Waals surface area contributed by atoms with Gasteiger partial charge in [0.05, 0.1) is 23.9 Å². The van der Waals surface area contributed by atoms with Crippen molar-refractivity contribution in [1.29, 1.82) is 0 Å². The number of nitrogens with two attached hydrogens (primary N) is 2. The van der Waals surface area contributed by atoms with E-state index in [1.165, 1.54) is 6.92 Å². The topological polar surface area (TPSA) is 96.2 Å². The minimum absolute atomic E-state index is 0.113. The molecule has 0 bridgehead atoms. The summed E-state index contributed by atoms with van der Waals surface area (Å²) >= 11 is 0. The van der Waals surface area contributed by atoms with E-state index in [9.17, 15) is 18.0 Å². The van der Waals surface area contributed by atoms with E-state index in [0.717, 1.165) is 17.2 Å². The van der Waals surface area contributed by atoms with Crippen molar-refractivity contribution in [2.24, 2.45) is 5.73 Å². The zero-order chi connectivity index (χ0) is 19.6. The average Bonchev–Trinajstić information content (AvgIpc) is 2.90. The van der Waals surface area contributed by atoms with Gasteiger partial charge in [0.2, 0.25) is 0 Å². The number of rotatable bonds is 6. The maximum absolute atomic E-state index is 13.1. The van der Waals surface area contributed by atoms with E-state index in [2.05, 4.69) is 5.10 Å². The first-order chi connectivity index (χ1) is 12.1. The Labute approximate surface area is 148 Å². The Morgan fingerprint density at radius 3 is 2.54 bits per heavy atom. The highest BCUT2D eigenvalue weighted by Crippen LogP contribution is 2.39. The highest BCUT2D eigenvalue weighted by atomic mass is 19.4. The SMILES string of the molecule is CCOc1cc(CN)ccc1-n1nc(C(C)C(F)(F)F)c(N)c1C(C)=O. The molecule has 0 aliphatic rings. The Morgan fingerprint density at radius 1 is 1.38 bits per heavy atom. The minimum atomic E-state index is -4.53. The van der Waals surface area contributed by atoms with E-state index >= 15 is 0 Å². The first-order valence-electron chi connectivity index (χ1n) is 8.04. The Balaban J connectivity index is 2.72. The molecule has 9 heteroatoms. The van der Waals surface area contributed by atoms with Crippen molar-refractivity contribution in [3.8, 4) is 11.4 Å². The van der Waals surface area contributed by atoms with Crippen LogP contribution in [-0.4, -0.2) is 28.3 Å². The summed E-state index contributed by atoms with van der Waals surface area (Å²) in [5.74, 6) is -2.06. The van der Waals surface area contributed by atoms with Crippen LogP contribution in [0.1, 0.15) is 48.4 Å². The van der Waals surface area contributed by atoms with Gasteiger partial charge < -0.3 is 16.2 Å². The largest absolute Gasteiger partial charge is 0.492 e. The number of nitrogen functional groups attached to an aromatic ring is 1. The van der Waals surface area contributed by atoms with Crippen LogP contribution in [0, 0.1) is 0 Å². The minimum Gasteiger partial charge on any atom is -0.492 e. The molecule has 4 N–H and O–H groups in total. The molecule has 1 heterocycles. The second kappa shape index (κ2) is 7.36. The fourth-order valence-corrected chi connectivity index (χ4v) is 2.57. The van der Waals surface area contributed by atoms with Crippen molar-refractivity contribution in [2.45, 2.75) is 39.4 Å². The number of alkyl halides is 3. The van der Waals surface area contributed by atoms with Gasteiger partial charge in [-0.15, -0.1) is 0 Å². The van der Waals surface area contributed by atoms with Crippen molar-refractivity contribution in [3.05, 3.63) is 35.2 Å². The molecule has 0 amide bonds. The molecule has 0 radical (unpaired) electrons. The zero-order valence-electron chi connectivity index (χ0n) is 14.7. The first-order valence-corrected chi connectivity index (χ1v) is 8.04. The van der Waals surface area contributed by atoms with Crippen LogP contribution in [-0.2, 0) is 6.54 Å². The third-order valence-electron chi connectivity index (χ3n) is 3.97. The normalized spacial score (nSPS) is 12.9. The molecule has 1 unspecified atom stereocenters. The van der Waals surface area contributed by atoms with Crippen LogP contribution in [0.15, 0.2) is 18.2 Å². The molecule has 1 aromatic carbocycles. The molecule has 2 aromatic rings. The number of anilines is 1. The average molecular weight is 370 g/mol. The summed E-state index contributed by atoms with van der Waals surface area (Å²) < 4.78 is 46.1. The maximum atomic E-state index is 13.1. The van der Waals surface area contributed by atoms with Gasteiger partial charge in [-0.05, 0) is 31.5 Å². The monoisotopic (exact) mass is 370 g/mol. The van der Waals surface area contributed by atoms with E-state index in [4.69, 9.17) is 16.2 Å². The van der Waals surface area contributed by atoms with Crippen molar-refractivity contribution in [2.75, 3.05) is 12.3 Å². The molecule has 1 aromatic heterocycles. The van der Waals surface area contributed by atoms with Gasteiger partial charge in [-0.2, -0.15) is 18.3 Å². The third kappa shape index (κ3) is 3.67. The molecule has 0 aliphatic carbocycles. The van der Waals surface area contributed by atoms with Crippen molar-refractivity contribution < 1.29 is 22.7 Å². The lowest BCUT2D eigenvalue weighted by Crippen LogP contribution is -2.19. The number of halogens is 3. The van der Waals surface area contributed by atoms with Crippen LogP contribution in [0.4, 0.5) is 18.9 Å². The number of nitrogens with zero attached hydrogens (tertiary/aromatic N) is 2. The van der Waals surface area contributed by atoms with Gasteiger partial charge in [0.25, 0.3) is 0 Å². The molecule has 142 valence electrons. The summed E-state index contributed by atoms with van der Waals surface area (Å²) in [5, 5.41) is 4.01. The number of hydrogen-bond acceptors (Lipinski definition) is 5. The van der Waals surface area contributed by atoms with Gasteiger partial charge in [-0.25, -0.2) is 4.68 Å². The Morgan fingerprint density at radius 2 is 2.04 bits per heavy atom. The quantitative estimate of drug-likeness (QED) is 0.762. The van der Waals surface area contributed by atoms with Crippen molar-refractivity contribution in [3.63, 3.8) is 0 Å². The van der Waals surface area contributed by atoms with E-state index in [1.54, 1.807) is 25.1 Å². The molecule has 0 spiro atoms. The van der Waals surface area contributed by atoms with Crippen LogP contribution in [0.3, 0.4) is 0 Å². The van der Waals surface area contributed by atoms with Gasteiger partial charge in [-0.1, -0.05) is 6.07 Å². The standard InChI is InChI=1S/C17H21F3N4O2/c1-4-26-13-7-11(8-21)5-6-12(13)24-16(10(3)25)14(22)15(23-24)9(2)17(18,19)20/h5-7,9H,4,8,21-22H2,1-3H3. The Bertz CT molecular complexity index is 815.